The van der Waals surface area contributed by atoms with Gasteiger partial charge in [-0.25, -0.2) is 0 Å². The molecule has 3 N–H and O–H groups in total. The Kier molecular flexibility index (Phi) is 4.22. The third-order valence-electron chi connectivity index (χ3n) is 4.43. The lowest BCUT2D eigenvalue weighted by Gasteiger charge is -2.35. The van der Waals surface area contributed by atoms with E-state index >= 15 is 0 Å². The third-order valence-corrected chi connectivity index (χ3v) is 6.23. The van der Waals surface area contributed by atoms with Gasteiger partial charge in [0.05, 0.1) is 10.4 Å². The van der Waals surface area contributed by atoms with Crippen LogP contribution in [0.5, 0.6) is 0 Å². The molecule has 0 saturated heterocycles. The van der Waals surface area contributed by atoms with E-state index in [1.807, 2.05) is 11.8 Å². The van der Waals surface area contributed by atoms with E-state index in [2.05, 4.69) is 11.6 Å². The average molecular weight is 286 g/mol. The molecule has 2 rings (SSSR count). The molecule has 0 aromatic rings. The van der Waals surface area contributed by atoms with Crippen molar-refractivity contribution in [1.82, 2.24) is 5.32 Å². The predicted molar refractivity (Wildman–Crippen MR) is 80.8 cm³/mol. The second kappa shape index (κ2) is 5.37. The molecule has 102 valence electrons. The number of hydrogen-bond donors (Lipinski definition) is 2. The lowest BCUT2D eigenvalue weighted by Crippen LogP contribution is -2.51. The van der Waals surface area contributed by atoms with Crippen LogP contribution in [0.25, 0.3) is 0 Å². The molecule has 2 fully saturated rings. The maximum absolute atomic E-state index is 12.5. The van der Waals surface area contributed by atoms with Gasteiger partial charge in [0, 0.05) is 11.3 Å². The van der Waals surface area contributed by atoms with E-state index < -0.39 is 5.41 Å². The number of carbonyl (C=O) groups excluding carboxylic acids is 1. The van der Waals surface area contributed by atoms with Gasteiger partial charge in [0.15, 0.2) is 0 Å². The number of nitrogens with one attached hydrogen (secondary N) is 1. The van der Waals surface area contributed by atoms with E-state index in [0.29, 0.717) is 9.74 Å². The summed E-state index contributed by atoms with van der Waals surface area (Å²) < 4.78 is 0.293. The van der Waals surface area contributed by atoms with Gasteiger partial charge in [0.1, 0.15) is 0 Å². The molecule has 0 spiro atoms. The highest BCUT2D eigenvalue weighted by Gasteiger charge is 2.46. The zero-order chi connectivity index (χ0) is 13.2. The molecule has 0 aromatic carbocycles. The van der Waals surface area contributed by atoms with Gasteiger partial charge in [-0.05, 0) is 31.9 Å². The molecule has 3 nitrogen and oxygen atoms in total. The summed E-state index contributed by atoms with van der Waals surface area (Å²) in [6, 6.07) is 0. The Morgan fingerprint density at radius 2 is 1.89 bits per heavy atom. The first-order valence-corrected chi connectivity index (χ1v) is 8.31. The molecule has 0 radical (unpaired) electrons. The van der Waals surface area contributed by atoms with Crippen LogP contribution in [0.4, 0.5) is 0 Å². The fourth-order valence-corrected chi connectivity index (χ4v) is 3.77. The number of nitrogens with two attached hydrogens (primary N) is 1. The molecule has 18 heavy (non-hydrogen) atoms. The van der Waals surface area contributed by atoms with Crippen LogP contribution in [0.2, 0.25) is 0 Å². The molecule has 2 aliphatic rings. The van der Waals surface area contributed by atoms with E-state index in [0.717, 1.165) is 32.2 Å². The zero-order valence-electron chi connectivity index (χ0n) is 11.0. The Morgan fingerprint density at radius 3 is 2.33 bits per heavy atom. The highest BCUT2D eigenvalue weighted by atomic mass is 32.2. The Bertz CT molecular complexity index is 347. The van der Waals surface area contributed by atoms with E-state index in [9.17, 15) is 4.79 Å². The predicted octanol–water partition coefficient (Wildman–Crippen LogP) is 2.23. The maximum Gasteiger partial charge on any atom is 0.233 e. The van der Waals surface area contributed by atoms with Crippen molar-refractivity contribution < 1.29 is 4.79 Å². The fourth-order valence-electron chi connectivity index (χ4n) is 2.74. The lowest BCUT2D eigenvalue weighted by molar-refractivity contribution is -0.128. The Balaban J connectivity index is 1.98. The van der Waals surface area contributed by atoms with Crippen LogP contribution in [0.15, 0.2) is 0 Å². The summed E-state index contributed by atoms with van der Waals surface area (Å²) >= 11 is 7.02. The van der Waals surface area contributed by atoms with Crippen LogP contribution in [0.1, 0.15) is 44.9 Å². The van der Waals surface area contributed by atoms with Crippen molar-refractivity contribution in [2.24, 2.45) is 11.1 Å². The van der Waals surface area contributed by atoms with E-state index in [-0.39, 0.29) is 5.91 Å². The summed E-state index contributed by atoms with van der Waals surface area (Å²) in [5, 5.41) is 3.10. The Hall–Kier alpha value is -0.290. The smallest absolute Gasteiger partial charge is 0.233 e. The summed E-state index contributed by atoms with van der Waals surface area (Å²) in [5.74, 6) is 0.0648. The lowest BCUT2D eigenvalue weighted by atomic mass is 9.73. The van der Waals surface area contributed by atoms with Gasteiger partial charge in [0.25, 0.3) is 0 Å². The van der Waals surface area contributed by atoms with Crippen LogP contribution >= 0.6 is 24.0 Å². The zero-order valence-corrected chi connectivity index (χ0v) is 12.6. The van der Waals surface area contributed by atoms with Crippen molar-refractivity contribution in [1.29, 1.82) is 0 Å². The van der Waals surface area contributed by atoms with Crippen molar-refractivity contribution in [2.75, 3.05) is 12.8 Å². The van der Waals surface area contributed by atoms with Crippen molar-refractivity contribution >= 4 is 34.9 Å². The van der Waals surface area contributed by atoms with E-state index in [1.54, 1.807) is 0 Å². The van der Waals surface area contributed by atoms with Gasteiger partial charge in [-0.1, -0.05) is 31.5 Å². The minimum Gasteiger partial charge on any atom is -0.392 e. The second-order valence-electron chi connectivity index (χ2n) is 5.58. The quantitative estimate of drug-likeness (QED) is 0.761. The summed E-state index contributed by atoms with van der Waals surface area (Å²) in [4.78, 5) is 12.8. The number of rotatable bonds is 5. The van der Waals surface area contributed by atoms with E-state index in [1.165, 1.54) is 19.3 Å². The SMILES string of the molecule is CSC1(CNC(=O)C2(C(N)=S)CCCCC2)CC1. The highest BCUT2D eigenvalue weighted by Crippen LogP contribution is 2.46. The minimum absolute atomic E-state index is 0.0648. The number of amides is 1. The Morgan fingerprint density at radius 1 is 1.28 bits per heavy atom. The highest BCUT2D eigenvalue weighted by molar-refractivity contribution is 8.00. The van der Waals surface area contributed by atoms with Crippen LogP contribution < -0.4 is 11.1 Å². The molecule has 0 heterocycles. The van der Waals surface area contributed by atoms with Gasteiger partial charge in [0.2, 0.25) is 5.91 Å². The first-order valence-electron chi connectivity index (χ1n) is 6.68. The fraction of sp³-hybridized carbons (Fsp3) is 0.846. The summed E-state index contributed by atoms with van der Waals surface area (Å²) in [7, 11) is 0. The largest absolute Gasteiger partial charge is 0.392 e. The molecular weight excluding hydrogens is 264 g/mol. The topological polar surface area (TPSA) is 55.1 Å². The van der Waals surface area contributed by atoms with Crippen molar-refractivity contribution in [3.8, 4) is 0 Å². The molecule has 5 heteroatoms. The van der Waals surface area contributed by atoms with Crippen LogP contribution in [-0.2, 0) is 4.79 Å². The van der Waals surface area contributed by atoms with Crippen molar-refractivity contribution in [3.05, 3.63) is 0 Å². The summed E-state index contributed by atoms with van der Waals surface area (Å²) in [5.41, 5.74) is 5.29. The first-order chi connectivity index (χ1) is 8.55. The minimum atomic E-state index is -0.567. The average Bonchev–Trinajstić information content (AvgIpc) is 3.17. The maximum atomic E-state index is 12.5. The van der Waals surface area contributed by atoms with Gasteiger partial charge in [-0.2, -0.15) is 11.8 Å². The number of carbonyl (C=O) groups is 1. The standard InChI is InChI=1S/C13H22N2OS2/c1-18-12(7-8-12)9-15-11(16)13(10(14)17)5-3-2-4-6-13/h2-9H2,1H3,(H2,14,17)(H,15,16). The molecule has 1 amide bonds. The molecule has 2 aliphatic carbocycles. The van der Waals surface area contributed by atoms with Crippen LogP contribution in [-0.4, -0.2) is 28.4 Å². The molecule has 2 saturated carbocycles. The van der Waals surface area contributed by atoms with Gasteiger partial charge in [-0.15, -0.1) is 0 Å². The molecule has 0 bridgehead atoms. The second-order valence-corrected chi connectivity index (χ2v) is 7.29. The van der Waals surface area contributed by atoms with Crippen molar-refractivity contribution in [2.45, 2.75) is 49.7 Å². The molecular formula is C13H22N2OS2. The van der Waals surface area contributed by atoms with Gasteiger partial charge < -0.3 is 11.1 Å². The monoisotopic (exact) mass is 286 g/mol. The molecule has 0 unspecified atom stereocenters. The molecule has 0 aliphatic heterocycles. The van der Waals surface area contributed by atoms with Crippen LogP contribution in [0.3, 0.4) is 0 Å². The third kappa shape index (κ3) is 2.67. The summed E-state index contributed by atoms with van der Waals surface area (Å²) in [6.45, 7) is 0.761. The van der Waals surface area contributed by atoms with Gasteiger partial charge in [-0.3, -0.25) is 4.79 Å². The number of thiocarbonyl (C=S) groups is 1. The van der Waals surface area contributed by atoms with Crippen molar-refractivity contribution in [3.63, 3.8) is 0 Å². The van der Waals surface area contributed by atoms with Gasteiger partial charge >= 0.3 is 0 Å². The molecule has 0 atom stereocenters. The number of hydrogen-bond acceptors (Lipinski definition) is 3. The molecule has 0 aromatic heterocycles. The van der Waals surface area contributed by atoms with Crippen LogP contribution in [0, 0.1) is 5.41 Å². The summed E-state index contributed by atoms with van der Waals surface area (Å²) in [6.07, 6.45) is 9.45. The normalized spacial score (nSPS) is 24.3. The Labute approximate surface area is 119 Å². The number of thioether (sulfide) groups is 1. The first kappa shape index (κ1) is 14.1. The van der Waals surface area contributed by atoms with E-state index in [4.69, 9.17) is 18.0 Å².